The molecule has 0 fully saturated rings. The number of rotatable bonds is 5. The first-order valence-electron chi connectivity index (χ1n) is 7.43. The minimum absolute atomic E-state index is 0.0329. The Morgan fingerprint density at radius 1 is 1.20 bits per heavy atom. The first-order chi connectivity index (χ1) is 11.8. The molecule has 1 aliphatic rings. The Morgan fingerprint density at radius 3 is 2.56 bits per heavy atom. The zero-order chi connectivity index (χ0) is 18.6. The smallest absolute Gasteiger partial charge is 0.341 e. The van der Waals surface area contributed by atoms with Crippen LogP contribution in [0.3, 0.4) is 0 Å². The highest BCUT2D eigenvalue weighted by molar-refractivity contribution is 5.95. The largest absolute Gasteiger partial charge is 0.463 e. The summed E-state index contributed by atoms with van der Waals surface area (Å²) in [5.74, 6) is -3.65. The van der Waals surface area contributed by atoms with Crippen molar-refractivity contribution in [1.82, 2.24) is 10.6 Å². The van der Waals surface area contributed by atoms with Gasteiger partial charge < -0.3 is 20.1 Å². The second kappa shape index (κ2) is 7.73. The molecule has 25 heavy (non-hydrogen) atoms. The van der Waals surface area contributed by atoms with Crippen LogP contribution in [0.1, 0.15) is 24.2 Å². The van der Waals surface area contributed by atoms with Crippen molar-refractivity contribution in [3.63, 3.8) is 0 Å². The molecule has 0 aromatic heterocycles. The van der Waals surface area contributed by atoms with Gasteiger partial charge in [0.05, 0.1) is 29.5 Å². The summed E-state index contributed by atoms with van der Waals surface area (Å²) in [6, 6.07) is 1.16. The topological polar surface area (TPSA) is 93.7 Å². The number of halogens is 2. The van der Waals surface area contributed by atoms with Gasteiger partial charge in [-0.15, -0.1) is 0 Å². The second-order valence-electron chi connectivity index (χ2n) is 5.13. The van der Waals surface area contributed by atoms with Gasteiger partial charge >= 0.3 is 18.0 Å². The van der Waals surface area contributed by atoms with E-state index in [-0.39, 0.29) is 17.9 Å². The van der Waals surface area contributed by atoms with Gasteiger partial charge in [-0.3, -0.25) is 0 Å². The predicted octanol–water partition coefficient (Wildman–Crippen LogP) is 1.64. The lowest BCUT2D eigenvalue weighted by molar-refractivity contribution is -0.139. The molecule has 1 aliphatic heterocycles. The Balaban J connectivity index is 2.19. The van der Waals surface area contributed by atoms with Crippen LogP contribution in [0, 0.1) is 11.6 Å². The van der Waals surface area contributed by atoms with Crippen LogP contribution >= 0.6 is 0 Å². The summed E-state index contributed by atoms with van der Waals surface area (Å²) >= 11 is 0. The molecule has 1 unspecified atom stereocenters. The maximum absolute atomic E-state index is 13.6. The number of carbonyl (C=O) groups is 3. The fraction of sp³-hybridized carbons (Fsp3) is 0.312. The van der Waals surface area contributed by atoms with E-state index in [0.29, 0.717) is 6.07 Å². The monoisotopic (exact) mass is 354 g/mol. The third-order valence-corrected chi connectivity index (χ3v) is 3.36. The van der Waals surface area contributed by atoms with Crippen LogP contribution < -0.4 is 10.6 Å². The van der Waals surface area contributed by atoms with Gasteiger partial charge in [0.25, 0.3) is 0 Å². The fourth-order valence-electron chi connectivity index (χ4n) is 2.26. The fourth-order valence-corrected chi connectivity index (χ4v) is 2.26. The van der Waals surface area contributed by atoms with E-state index in [1.807, 2.05) is 0 Å². The molecule has 2 amide bonds. The van der Waals surface area contributed by atoms with E-state index in [4.69, 9.17) is 9.47 Å². The molecule has 1 aromatic rings. The van der Waals surface area contributed by atoms with Crippen molar-refractivity contribution >= 4 is 18.0 Å². The minimum Gasteiger partial charge on any atom is -0.463 e. The Morgan fingerprint density at radius 2 is 1.92 bits per heavy atom. The van der Waals surface area contributed by atoms with Gasteiger partial charge in [0.1, 0.15) is 18.2 Å². The maximum Gasteiger partial charge on any atom is 0.341 e. The van der Waals surface area contributed by atoms with Crippen LogP contribution in [-0.2, 0) is 14.3 Å². The van der Waals surface area contributed by atoms with Crippen molar-refractivity contribution in [1.29, 1.82) is 0 Å². The normalized spacial score (nSPS) is 16.8. The average molecular weight is 354 g/mol. The van der Waals surface area contributed by atoms with Crippen molar-refractivity contribution in [3.8, 4) is 0 Å². The molecule has 0 radical (unpaired) electrons. The standard InChI is InChI=1S/C16H16F2N2O5/c1-3-24-15(22)13-8(2)19-16(23)20-12(13)7-25-14(21)10-5-4-9(17)6-11(10)18/h4-6,8H,3,7H2,1-2H3,(H2,19,20,23). The van der Waals surface area contributed by atoms with E-state index in [9.17, 15) is 23.2 Å². The van der Waals surface area contributed by atoms with Gasteiger partial charge in [0.15, 0.2) is 0 Å². The summed E-state index contributed by atoms with van der Waals surface area (Å²) < 4.78 is 36.3. The Bertz CT molecular complexity index is 748. The van der Waals surface area contributed by atoms with Crippen LogP contribution in [0.5, 0.6) is 0 Å². The highest BCUT2D eigenvalue weighted by Crippen LogP contribution is 2.16. The number of ether oxygens (including phenoxy) is 2. The summed E-state index contributed by atoms with van der Waals surface area (Å²) in [4.78, 5) is 35.5. The molecule has 1 atom stereocenters. The first-order valence-corrected chi connectivity index (χ1v) is 7.43. The summed E-state index contributed by atoms with van der Waals surface area (Å²) in [7, 11) is 0. The zero-order valence-electron chi connectivity index (χ0n) is 13.5. The predicted molar refractivity (Wildman–Crippen MR) is 81.4 cm³/mol. The lowest BCUT2D eigenvalue weighted by Crippen LogP contribution is -2.50. The maximum atomic E-state index is 13.6. The number of carbonyl (C=O) groups excluding carboxylic acids is 3. The number of hydrogen-bond acceptors (Lipinski definition) is 5. The molecule has 134 valence electrons. The summed E-state index contributed by atoms with van der Waals surface area (Å²) in [6.45, 7) is 2.82. The molecular weight excluding hydrogens is 338 g/mol. The van der Waals surface area contributed by atoms with Crippen molar-refractivity contribution in [2.24, 2.45) is 0 Å². The van der Waals surface area contributed by atoms with E-state index in [1.54, 1.807) is 13.8 Å². The number of nitrogens with one attached hydrogen (secondary N) is 2. The van der Waals surface area contributed by atoms with E-state index in [1.165, 1.54) is 0 Å². The zero-order valence-corrected chi connectivity index (χ0v) is 13.5. The molecule has 2 rings (SSSR count). The Kier molecular flexibility index (Phi) is 5.68. The molecular formula is C16H16F2N2O5. The van der Waals surface area contributed by atoms with Crippen molar-refractivity contribution < 1.29 is 32.6 Å². The van der Waals surface area contributed by atoms with E-state index < -0.39 is 47.8 Å². The third kappa shape index (κ3) is 4.31. The molecule has 9 heteroatoms. The number of amides is 2. The molecule has 0 saturated heterocycles. The van der Waals surface area contributed by atoms with Gasteiger partial charge in [0, 0.05) is 6.07 Å². The van der Waals surface area contributed by atoms with Crippen LogP contribution in [0.4, 0.5) is 13.6 Å². The quantitative estimate of drug-likeness (QED) is 0.784. The Labute approximate surface area is 142 Å². The van der Waals surface area contributed by atoms with Gasteiger partial charge in [0.2, 0.25) is 0 Å². The van der Waals surface area contributed by atoms with Crippen molar-refractivity contribution in [3.05, 3.63) is 46.7 Å². The van der Waals surface area contributed by atoms with Crippen molar-refractivity contribution in [2.75, 3.05) is 13.2 Å². The lowest BCUT2D eigenvalue weighted by atomic mass is 10.0. The molecule has 0 spiro atoms. The molecule has 2 N–H and O–H groups in total. The summed E-state index contributed by atoms with van der Waals surface area (Å²) in [5.41, 5.74) is -0.340. The number of hydrogen-bond donors (Lipinski definition) is 2. The number of benzene rings is 1. The van der Waals surface area contributed by atoms with Crippen LogP contribution in [-0.4, -0.2) is 37.2 Å². The highest BCUT2D eigenvalue weighted by atomic mass is 19.1. The summed E-state index contributed by atoms with van der Waals surface area (Å²) in [6.07, 6.45) is 0. The third-order valence-electron chi connectivity index (χ3n) is 3.36. The molecule has 0 saturated carbocycles. The average Bonchev–Trinajstić information content (AvgIpc) is 2.52. The van der Waals surface area contributed by atoms with Gasteiger partial charge in [-0.1, -0.05) is 0 Å². The highest BCUT2D eigenvalue weighted by Gasteiger charge is 2.30. The number of urea groups is 1. The molecule has 1 heterocycles. The van der Waals surface area contributed by atoms with Gasteiger partial charge in [-0.25, -0.2) is 23.2 Å². The number of esters is 2. The van der Waals surface area contributed by atoms with Gasteiger partial charge in [-0.05, 0) is 26.0 Å². The Hall–Kier alpha value is -2.97. The van der Waals surface area contributed by atoms with Crippen molar-refractivity contribution in [2.45, 2.75) is 19.9 Å². The lowest BCUT2D eigenvalue weighted by Gasteiger charge is -2.26. The molecule has 0 aliphatic carbocycles. The minimum atomic E-state index is -1.08. The van der Waals surface area contributed by atoms with E-state index in [2.05, 4.69) is 10.6 Å². The van der Waals surface area contributed by atoms with Crippen LogP contribution in [0.15, 0.2) is 29.5 Å². The first kappa shape index (κ1) is 18.4. The molecule has 1 aromatic carbocycles. The van der Waals surface area contributed by atoms with Crippen LogP contribution in [0.25, 0.3) is 0 Å². The van der Waals surface area contributed by atoms with Gasteiger partial charge in [-0.2, -0.15) is 0 Å². The van der Waals surface area contributed by atoms with E-state index >= 15 is 0 Å². The van der Waals surface area contributed by atoms with E-state index in [0.717, 1.165) is 12.1 Å². The molecule has 0 bridgehead atoms. The SMILES string of the molecule is CCOC(=O)C1=C(COC(=O)c2ccc(F)cc2F)NC(=O)NC1C. The second-order valence-corrected chi connectivity index (χ2v) is 5.13. The molecule has 7 nitrogen and oxygen atoms in total. The van der Waals surface area contributed by atoms with Crippen LogP contribution in [0.2, 0.25) is 0 Å². The summed E-state index contributed by atoms with van der Waals surface area (Å²) in [5, 5.41) is 4.85.